The van der Waals surface area contributed by atoms with Crippen molar-refractivity contribution in [2.24, 2.45) is 0 Å². The van der Waals surface area contributed by atoms with Crippen LogP contribution >= 0.6 is 11.6 Å². The maximum absolute atomic E-state index is 12.5. The molecule has 0 atom stereocenters. The SMILES string of the molecule is Cc1c(Cl)cccc1NC(=O)c1cc2c(ccc3ccccc32)o1. The van der Waals surface area contributed by atoms with Crippen LogP contribution in [0.1, 0.15) is 16.1 Å². The van der Waals surface area contributed by atoms with Gasteiger partial charge < -0.3 is 9.73 Å². The molecule has 0 fully saturated rings. The fraction of sp³-hybridized carbons (Fsp3) is 0.0500. The second-order valence-electron chi connectivity index (χ2n) is 5.68. The number of carbonyl (C=O) groups excluding carboxylic acids is 1. The number of nitrogens with one attached hydrogen (secondary N) is 1. The van der Waals surface area contributed by atoms with Crippen molar-refractivity contribution in [3.63, 3.8) is 0 Å². The number of anilines is 1. The van der Waals surface area contributed by atoms with Crippen LogP contribution in [0.2, 0.25) is 5.02 Å². The van der Waals surface area contributed by atoms with Crippen LogP contribution < -0.4 is 5.32 Å². The third-order valence-electron chi connectivity index (χ3n) is 4.17. The van der Waals surface area contributed by atoms with Crippen LogP contribution in [-0.4, -0.2) is 5.91 Å². The van der Waals surface area contributed by atoms with Gasteiger partial charge in [-0.05, 0) is 47.5 Å². The number of rotatable bonds is 2. The molecule has 0 spiro atoms. The summed E-state index contributed by atoms with van der Waals surface area (Å²) < 4.78 is 5.74. The van der Waals surface area contributed by atoms with Crippen LogP contribution in [0, 0.1) is 6.92 Å². The van der Waals surface area contributed by atoms with Gasteiger partial charge in [-0.2, -0.15) is 0 Å². The first-order valence-electron chi connectivity index (χ1n) is 7.61. The molecule has 4 rings (SSSR count). The van der Waals surface area contributed by atoms with Gasteiger partial charge in [0.25, 0.3) is 5.91 Å². The Morgan fingerprint density at radius 3 is 2.71 bits per heavy atom. The summed E-state index contributed by atoms with van der Waals surface area (Å²) in [5, 5.41) is 6.59. The molecule has 4 aromatic rings. The summed E-state index contributed by atoms with van der Waals surface area (Å²) in [6.45, 7) is 1.87. The van der Waals surface area contributed by atoms with Crippen LogP contribution in [0.25, 0.3) is 21.7 Å². The zero-order valence-corrected chi connectivity index (χ0v) is 13.7. The molecule has 3 nitrogen and oxygen atoms in total. The first-order valence-corrected chi connectivity index (χ1v) is 7.99. The average molecular weight is 336 g/mol. The maximum atomic E-state index is 12.5. The summed E-state index contributed by atoms with van der Waals surface area (Å²) in [6, 6.07) is 19.1. The normalized spacial score (nSPS) is 11.1. The van der Waals surface area contributed by atoms with E-state index in [1.807, 2.05) is 49.4 Å². The molecule has 0 saturated carbocycles. The summed E-state index contributed by atoms with van der Waals surface area (Å²) in [6.07, 6.45) is 0. The minimum Gasteiger partial charge on any atom is -0.451 e. The highest BCUT2D eigenvalue weighted by Gasteiger charge is 2.15. The number of amides is 1. The van der Waals surface area contributed by atoms with Crippen molar-refractivity contribution in [2.75, 3.05) is 5.32 Å². The van der Waals surface area contributed by atoms with Gasteiger partial charge >= 0.3 is 0 Å². The average Bonchev–Trinajstić information content (AvgIpc) is 3.04. The quantitative estimate of drug-likeness (QED) is 0.503. The fourth-order valence-electron chi connectivity index (χ4n) is 2.83. The number of hydrogen-bond acceptors (Lipinski definition) is 2. The Morgan fingerprint density at radius 1 is 1.00 bits per heavy atom. The van der Waals surface area contributed by atoms with E-state index in [4.69, 9.17) is 16.0 Å². The van der Waals surface area contributed by atoms with Crippen molar-refractivity contribution in [1.29, 1.82) is 0 Å². The number of fused-ring (bicyclic) bond motifs is 3. The molecule has 0 aliphatic carbocycles. The van der Waals surface area contributed by atoms with E-state index in [9.17, 15) is 4.79 Å². The predicted octanol–water partition coefficient (Wildman–Crippen LogP) is 5.80. The molecule has 0 radical (unpaired) electrons. The number of benzene rings is 3. The Hall–Kier alpha value is -2.78. The molecule has 118 valence electrons. The monoisotopic (exact) mass is 335 g/mol. The van der Waals surface area contributed by atoms with Crippen molar-refractivity contribution in [3.05, 3.63) is 77.0 Å². The maximum Gasteiger partial charge on any atom is 0.291 e. The lowest BCUT2D eigenvalue weighted by Gasteiger charge is -2.07. The lowest BCUT2D eigenvalue weighted by atomic mass is 10.1. The summed E-state index contributed by atoms with van der Waals surface area (Å²) in [4.78, 5) is 12.5. The summed E-state index contributed by atoms with van der Waals surface area (Å²) >= 11 is 6.10. The molecule has 24 heavy (non-hydrogen) atoms. The van der Waals surface area contributed by atoms with Crippen LogP contribution in [0.3, 0.4) is 0 Å². The highest BCUT2D eigenvalue weighted by Crippen LogP contribution is 2.29. The zero-order valence-electron chi connectivity index (χ0n) is 13.0. The highest BCUT2D eigenvalue weighted by molar-refractivity contribution is 6.31. The van der Waals surface area contributed by atoms with Gasteiger partial charge in [0.1, 0.15) is 5.58 Å². The van der Waals surface area contributed by atoms with Gasteiger partial charge in [-0.3, -0.25) is 4.79 Å². The van der Waals surface area contributed by atoms with Crippen molar-refractivity contribution in [2.45, 2.75) is 6.92 Å². The molecule has 3 aromatic carbocycles. The Balaban J connectivity index is 1.75. The third-order valence-corrected chi connectivity index (χ3v) is 4.58. The minimum atomic E-state index is -0.291. The van der Waals surface area contributed by atoms with E-state index in [0.29, 0.717) is 16.3 Å². The zero-order chi connectivity index (χ0) is 16.7. The van der Waals surface area contributed by atoms with Crippen LogP contribution in [-0.2, 0) is 0 Å². The molecule has 0 saturated heterocycles. The molecule has 1 N–H and O–H groups in total. The standard InChI is InChI=1S/C20H14ClNO2/c1-12-16(21)7-4-8-17(12)22-20(23)19-11-15-14-6-3-2-5-13(14)9-10-18(15)24-19/h2-11H,1H3,(H,22,23). The topological polar surface area (TPSA) is 42.2 Å². The second-order valence-corrected chi connectivity index (χ2v) is 6.08. The minimum absolute atomic E-state index is 0.278. The lowest BCUT2D eigenvalue weighted by Crippen LogP contribution is -2.11. The largest absolute Gasteiger partial charge is 0.451 e. The molecule has 4 heteroatoms. The molecule has 0 unspecified atom stereocenters. The fourth-order valence-corrected chi connectivity index (χ4v) is 3.01. The summed E-state index contributed by atoms with van der Waals surface area (Å²) in [5.41, 5.74) is 2.20. The van der Waals surface area contributed by atoms with E-state index in [-0.39, 0.29) is 11.7 Å². The van der Waals surface area contributed by atoms with Gasteiger partial charge in [0.05, 0.1) is 0 Å². The molecule has 0 aliphatic rings. The van der Waals surface area contributed by atoms with E-state index < -0.39 is 0 Å². The predicted molar refractivity (Wildman–Crippen MR) is 97.9 cm³/mol. The highest BCUT2D eigenvalue weighted by atomic mass is 35.5. The van der Waals surface area contributed by atoms with Crippen molar-refractivity contribution >= 4 is 44.9 Å². The van der Waals surface area contributed by atoms with E-state index in [1.165, 1.54) is 0 Å². The summed E-state index contributed by atoms with van der Waals surface area (Å²) in [7, 11) is 0. The van der Waals surface area contributed by atoms with Crippen molar-refractivity contribution < 1.29 is 9.21 Å². The van der Waals surface area contributed by atoms with Gasteiger partial charge in [0.2, 0.25) is 0 Å². The van der Waals surface area contributed by atoms with Gasteiger partial charge in [0.15, 0.2) is 5.76 Å². The Morgan fingerprint density at radius 2 is 1.83 bits per heavy atom. The molecule has 1 heterocycles. The first-order chi connectivity index (χ1) is 11.6. The van der Waals surface area contributed by atoms with E-state index in [2.05, 4.69) is 5.32 Å². The van der Waals surface area contributed by atoms with Gasteiger partial charge in [-0.25, -0.2) is 0 Å². The molecule has 1 amide bonds. The van der Waals surface area contributed by atoms with E-state index >= 15 is 0 Å². The Kier molecular flexibility index (Phi) is 3.51. The molecule has 0 bridgehead atoms. The number of furan rings is 1. The number of halogens is 1. The first kappa shape index (κ1) is 14.8. The van der Waals surface area contributed by atoms with Gasteiger partial charge in [0, 0.05) is 16.1 Å². The number of carbonyl (C=O) groups is 1. The second kappa shape index (κ2) is 5.69. The molecule has 1 aromatic heterocycles. The van der Waals surface area contributed by atoms with Crippen LogP contribution in [0.4, 0.5) is 5.69 Å². The van der Waals surface area contributed by atoms with E-state index in [0.717, 1.165) is 21.7 Å². The Labute approximate surface area is 143 Å². The number of hydrogen-bond donors (Lipinski definition) is 1. The van der Waals surface area contributed by atoms with Crippen LogP contribution in [0.5, 0.6) is 0 Å². The smallest absolute Gasteiger partial charge is 0.291 e. The molecule has 0 aliphatic heterocycles. The van der Waals surface area contributed by atoms with E-state index in [1.54, 1.807) is 18.2 Å². The van der Waals surface area contributed by atoms with Gasteiger partial charge in [-0.1, -0.05) is 48.0 Å². The Bertz CT molecular complexity index is 1080. The lowest BCUT2D eigenvalue weighted by molar-refractivity contribution is 0.0998. The van der Waals surface area contributed by atoms with Gasteiger partial charge in [-0.15, -0.1) is 0 Å². The summed E-state index contributed by atoms with van der Waals surface area (Å²) in [5.74, 6) is -0.0126. The third kappa shape index (κ3) is 2.43. The molecular weight excluding hydrogens is 322 g/mol. The van der Waals surface area contributed by atoms with Crippen molar-refractivity contribution in [3.8, 4) is 0 Å². The van der Waals surface area contributed by atoms with Crippen LogP contribution in [0.15, 0.2) is 65.1 Å². The molecular formula is C20H14ClNO2. The van der Waals surface area contributed by atoms with Crippen molar-refractivity contribution in [1.82, 2.24) is 0 Å².